The number of amides is 2. The van der Waals surface area contributed by atoms with Gasteiger partial charge in [0.1, 0.15) is 5.82 Å². The van der Waals surface area contributed by atoms with Crippen LogP contribution in [-0.4, -0.2) is 38.0 Å². The van der Waals surface area contributed by atoms with Gasteiger partial charge in [-0.25, -0.2) is 4.68 Å². The Balaban J connectivity index is 1.90. The van der Waals surface area contributed by atoms with Crippen molar-refractivity contribution in [2.75, 3.05) is 11.9 Å². The second kappa shape index (κ2) is 6.66. The highest BCUT2D eigenvalue weighted by atomic mass is 16.2. The summed E-state index contributed by atoms with van der Waals surface area (Å²) in [5, 5.41) is 7.38. The van der Waals surface area contributed by atoms with Crippen LogP contribution in [-0.2, 0) is 16.1 Å². The molecule has 1 aliphatic rings. The standard InChI is InChI=1S/C18H23N5O2/c1-11(2)23-16(8-12(3)21-23)20-18(25)15-10-22(13(4)24)9-14-6-5-7-19-17(14)15/h5-8,11,15H,9-10H2,1-4H3,(H,20,25). The van der Waals surface area contributed by atoms with Gasteiger partial charge in [0.05, 0.1) is 17.3 Å². The molecule has 7 nitrogen and oxygen atoms in total. The van der Waals surface area contributed by atoms with Crippen molar-refractivity contribution in [2.24, 2.45) is 0 Å². The third kappa shape index (κ3) is 3.40. The number of aryl methyl sites for hydroxylation is 1. The molecule has 1 N–H and O–H groups in total. The number of aromatic nitrogens is 3. The number of hydrogen-bond donors (Lipinski definition) is 1. The fourth-order valence-corrected chi connectivity index (χ4v) is 3.14. The summed E-state index contributed by atoms with van der Waals surface area (Å²) in [7, 11) is 0. The first kappa shape index (κ1) is 17.1. The van der Waals surface area contributed by atoms with Gasteiger partial charge < -0.3 is 10.2 Å². The molecular weight excluding hydrogens is 318 g/mol. The molecule has 0 bridgehead atoms. The number of anilines is 1. The summed E-state index contributed by atoms with van der Waals surface area (Å²) in [5.74, 6) is -0.0531. The number of carbonyl (C=O) groups excluding carboxylic acids is 2. The summed E-state index contributed by atoms with van der Waals surface area (Å²) in [6.45, 7) is 8.26. The second-order valence-corrected chi connectivity index (χ2v) is 6.70. The molecule has 132 valence electrons. The van der Waals surface area contributed by atoms with Crippen LogP contribution in [0.1, 0.15) is 49.7 Å². The van der Waals surface area contributed by atoms with Crippen molar-refractivity contribution in [3.05, 3.63) is 41.3 Å². The molecule has 1 atom stereocenters. The van der Waals surface area contributed by atoms with Crippen molar-refractivity contribution >= 4 is 17.6 Å². The van der Waals surface area contributed by atoms with E-state index in [0.29, 0.717) is 18.9 Å². The molecule has 0 aromatic carbocycles. The molecule has 25 heavy (non-hydrogen) atoms. The molecule has 2 aromatic rings. The smallest absolute Gasteiger partial charge is 0.236 e. The average Bonchev–Trinajstić information content (AvgIpc) is 2.94. The molecule has 0 aliphatic carbocycles. The van der Waals surface area contributed by atoms with Crippen LogP contribution < -0.4 is 5.32 Å². The van der Waals surface area contributed by atoms with Crippen molar-refractivity contribution < 1.29 is 9.59 Å². The molecule has 2 amide bonds. The molecular formula is C18H23N5O2. The van der Waals surface area contributed by atoms with Gasteiger partial charge in [0, 0.05) is 38.3 Å². The fourth-order valence-electron chi connectivity index (χ4n) is 3.14. The highest BCUT2D eigenvalue weighted by Gasteiger charge is 2.33. The Hall–Kier alpha value is -2.70. The van der Waals surface area contributed by atoms with E-state index in [0.717, 1.165) is 17.0 Å². The Labute approximate surface area is 147 Å². The minimum atomic E-state index is -0.496. The zero-order valence-corrected chi connectivity index (χ0v) is 15.0. The van der Waals surface area contributed by atoms with Crippen molar-refractivity contribution in [1.82, 2.24) is 19.7 Å². The molecule has 0 saturated heterocycles. The van der Waals surface area contributed by atoms with Crippen LogP contribution in [0.25, 0.3) is 0 Å². The average molecular weight is 341 g/mol. The highest BCUT2D eigenvalue weighted by Crippen LogP contribution is 2.28. The van der Waals surface area contributed by atoms with Gasteiger partial charge in [-0.15, -0.1) is 0 Å². The van der Waals surface area contributed by atoms with Crippen LogP contribution >= 0.6 is 0 Å². The molecule has 0 spiro atoms. The van der Waals surface area contributed by atoms with Crippen molar-refractivity contribution in [3.63, 3.8) is 0 Å². The molecule has 1 unspecified atom stereocenters. The van der Waals surface area contributed by atoms with Crippen LogP contribution in [0.5, 0.6) is 0 Å². The minimum absolute atomic E-state index is 0.0460. The summed E-state index contributed by atoms with van der Waals surface area (Å²) in [5.41, 5.74) is 2.50. The number of nitrogens with one attached hydrogen (secondary N) is 1. The zero-order valence-electron chi connectivity index (χ0n) is 15.0. The highest BCUT2D eigenvalue weighted by molar-refractivity contribution is 5.96. The predicted molar refractivity (Wildman–Crippen MR) is 94.0 cm³/mol. The van der Waals surface area contributed by atoms with E-state index in [1.54, 1.807) is 15.8 Å². The molecule has 2 aromatic heterocycles. The maximum absolute atomic E-state index is 13.0. The van der Waals surface area contributed by atoms with Crippen molar-refractivity contribution in [3.8, 4) is 0 Å². The van der Waals surface area contributed by atoms with E-state index >= 15 is 0 Å². The fraction of sp³-hybridized carbons (Fsp3) is 0.444. The van der Waals surface area contributed by atoms with Gasteiger partial charge in [-0.1, -0.05) is 6.07 Å². The third-order valence-electron chi connectivity index (χ3n) is 4.38. The predicted octanol–water partition coefficient (Wildman–Crippen LogP) is 2.25. The zero-order chi connectivity index (χ0) is 18.1. The Morgan fingerprint density at radius 2 is 2.12 bits per heavy atom. The van der Waals surface area contributed by atoms with Crippen molar-refractivity contribution in [1.29, 1.82) is 0 Å². The van der Waals surface area contributed by atoms with Crippen molar-refractivity contribution in [2.45, 2.75) is 46.2 Å². The molecule has 3 heterocycles. The number of nitrogens with zero attached hydrogens (tertiary/aromatic N) is 4. The summed E-state index contributed by atoms with van der Waals surface area (Å²) in [6, 6.07) is 5.73. The van der Waals surface area contributed by atoms with Crippen LogP contribution in [0.15, 0.2) is 24.4 Å². The van der Waals surface area contributed by atoms with Gasteiger partial charge in [0.25, 0.3) is 0 Å². The quantitative estimate of drug-likeness (QED) is 0.928. The van der Waals surface area contributed by atoms with Crippen LogP contribution in [0.3, 0.4) is 0 Å². The maximum atomic E-state index is 13.0. The first-order valence-corrected chi connectivity index (χ1v) is 8.43. The van der Waals surface area contributed by atoms with Gasteiger partial charge in [0.2, 0.25) is 11.8 Å². The third-order valence-corrected chi connectivity index (χ3v) is 4.38. The lowest BCUT2D eigenvalue weighted by Crippen LogP contribution is -2.41. The van der Waals surface area contributed by atoms with Crippen LogP contribution in [0.4, 0.5) is 5.82 Å². The molecule has 3 rings (SSSR count). The molecule has 0 saturated carbocycles. The number of fused-ring (bicyclic) bond motifs is 1. The number of pyridine rings is 1. The van der Waals surface area contributed by atoms with E-state index in [1.165, 1.54) is 6.92 Å². The Bertz CT molecular complexity index is 812. The largest absolute Gasteiger partial charge is 0.337 e. The number of carbonyl (C=O) groups is 2. The van der Waals surface area contributed by atoms with Gasteiger partial charge in [-0.3, -0.25) is 14.6 Å². The summed E-state index contributed by atoms with van der Waals surface area (Å²) in [4.78, 5) is 30.9. The van der Waals surface area contributed by atoms with E-state index in [1.807, 2.05) is 39.0 Å². The Morgan fingerprint density at radius 1 is 1.36 bits per heavy atom. The first-order valence-electron chi connectivity index (χ1n) is 8.43. The molecule has 0 fully saturated rings. The van der Waals surface area contributed by atoms with E-state index in [9.17, 15) is 9.59 Å². The van der Waals surface area contributed by atoms with E-state index in [2.05, 4.69) is 15.4 Å². The topological polar surface area (TPSA) is 80.1 Å². The molecule has 7 heteroatoms. The maximum Gasteiger partial charge on any atom is 0.236 e. The molecule has 1 aliphatic heterocycles. The summed E-state index contributed by atoms with van der Waals surface area (Å²) < 4.78 is 1.79. The van der Waals surface area contributed by atoms with Crippen LogP contribution in [0.2, 0.25) is 0 Å². The van der Waals surface area contributed by atoms with Gasteiger partial charge in [-0.2, -0.15) is 5.10 Å². The minimum Gasteiger partial charge on any atom is -0.337 e. The van der Waals surface area contributed by atoms with Gasteiger partial charge in [-0.05, 0) is 32.4 Å². The monoisotopic (exact) mass is 341 g/mol. The van der Waals surface area contributed by atoms with Gasteiger partial charge >= 0.3 is 0 Å². The van der Waals surface area contributed by atoms with E-state index < -0.39 is 5.92 Å². The lowest BCUT2D eigenvalue weighted by Gasteiger charge is -2.32. The normalized spacial score (nSPS) is 16.7. The SMILES string of the molecule is CC(=O)N1Cc2cccnc2C(C(=O)Nc2cc(C)nn2C(C)C)C1. The van der Waals surface area contributed by atoms with Gasteiger partial charge in [0.15, 0.2) is 0 Å². The summed E-state index contributed by atoms with van der Waals surface area (Å²) >= 11 is 0. The number of rotatable bonds is 3. The van der Waals surface area contributed by atoms with E-state index in [-0.39, 0.29) is 17.9 Å². The Kier molecular flexibility index (Phi) is 4.57. The summed E-state index contributed by atoms with van der Waals surface area (Å²) in [6.07, 6.45) is 1.69. The molecule has 0 radical (unpaired) electrons. The lowest BCUT2D eigenvalue weighted by atomic mass is 9.94. The number of hydrogen-bond acceptors (Lipinski definition) is 4. The lowest BCUT2D eigenvalue weighted by molar-refractivity contribution is -0.131. The van der Waals surface area contributed by atoms with E-state index in [4.69, 9.17) is 0 Å². The van der Waals surface area contributed by atoms with Crippen LogP contribution in [0, 0.1) is 6.92 Å². The second-order valence-electron chi connectivity index (χ2n) is 6.70. The first-order chi connectivity index (χ1) is 11.9. The Morgan fingerprint density at radius 3 is 2.80 bits per heavy atom.